The fraction of sp³-hybridized carbons (Fsp3) is 0.368. The van der Waals surface area contributed by atoms with Gasteiger partial charge in [0.15, 0.2) is 0 Å². The minimum absolute atomic E-state index is 0.449. The zero-order valence-corrected chi connectivity index (χ0v) is 12.9. The topological polar surface area (TPSA) is 15.3 Å². The summed E-state index contributed by atoms with van der Waals surface area (Å²) in [4.78, 5) is 2.15. The Bertz CT molecular complexity index is 554. The summed E-state index contributed by atoms with van der Waals surface area (Å²) in [6, 6.07) is 20.5. The quantitative estimate of drug-likeness (QED) is 0.920. The van der Waals surface area contributed by atoms with Crippen LogP contribution < -0.4 is 10.2 Å². The molecular formula is C19H24N2. The highest BCUT2D eigenvalue weighted by Crippen LogP contribution is 2.32. The van der Waals surface area contributed by atoms with Crippen LogP contribution in [-0.2, 0) is 0 Å². The van der Waals surface area contributed by atoms with E-state index in [4.69, 9.17) is 0 Å². The molecule has 2 atom stereocenters. The van der Waals surface area contributed by atoms with Crippen LogP contribution in [0, 0.1) is 0 Å². The van der Waals surface area contributed by atoms with Crippen LogP contribution in [0.1, 0.15) is 29.9 Å². The summed E-state index contributed by atoms with van der Waals surface area (Å²) >= 11 is 0. The summed E-state index contributed by atoms with van der Waals surface area (Å²) in [5, 5.41) is 3.68. The minimum Gasteiger partial charge on any atom is -0.378 e. The Hall–Kier alpha value is -1.80. The van der Waals surface area contributed by atoms with Crippen molar-refractivity contribution in [2.75, 3.05) is 25.5 Å². The average molecular weight is 280 g/mol. The molecule has 2 aromatic carbocycles. The SMILES string of the molecule is CN(C)c1ccc(C(c2ccccc2)C2CCCN2)cc1. The van der Waals surface area contributed by atoms with Gasteiger partial charge in [0.1, 0.15) is 0 Å². The second kappa shape index (κ2) is 6.31. The maximum Gasteiger partial charge on any atom is 0.0361 e. The van der Waals surface area contributed by atoms with Gasteiger partial charge in [0.2, 0.25) is 0 Å². The first-order chi connectivity index (χ1) is 10.3. The first-order valence-corrected chi connectivity index (χ1v) is 7.81. The van der Waals surface area contributed by atoms with Crippen molar-refractivity contribution in [3.8, 4) is 0 Å². The number of anilines is 1. The van der Waals surface area contributed by atoms with Crippen LogP contribution in [-0.4, -0.2) is 26.7 Å². The van der Waals surface area contributed by atoms with E-state index in [1.54, 1.807) is 0 Å². The number of hydrogen-bond acceptors (Lipinski definition) is 2. The van der Waals surface area contributed by atoms with Crippen molar-refractivity contribution in [2.24, 2.45) is 0 Å². The molecule has 0 spiro atoms. The molecule has 2 heteroatoms. The Morgan fingerprint density at radius 2 is 1.62 bits per heavy atom. The lowest BCUT2D eigenvalue weighted by atomic mass is 9.84. The third-order valence-corrected chi connectivity index (χ3v) is 4.43. The number of hydrogen-bond donors (Lipinski definition) is 1. The monoisotopic (exact) mass is 280 g/mol. The van der Waals surface area contributed by atoms with Crippen LogP contribution in [0.15, 0.2) is 54.6 Å². The van der Waals surface area contributed by atoms with Gasteiger partial charge in [-0.25, -0.2) is 0 Å². The third kappa shape index (κ3) is 3.11. The Labute approximate surface area is 127 Å². The van der Waals surface area contributed by atoms with Gasteiger partial charge in [-0.15, -0.1) is 0 Å². The lowest BCUT2D eigenvalue weighted by Crippen LogP contribution is -2.29. The second-order valence-corrected chi connectivity index (χ2v) is 6.08. The molecule has 110 valence electrons. The lowest BCUT2D eigenvalue weighted by Gasteiger charge is -2.25. The molecular weight excluding hydrogens is 256 g/mol. The van der Waals surface area contributed by atoms with E-state index in [1.165, 1.54) is 29.7 Å². The largest absolute Gasteiger partial charge is 0.378 e. The van der Waals surface area contributed by atoms with Crippen molar-refractivity contribution in [2.45, 2.75) is 24.8 Å². The van der Waals surface area contributed by atoms with Gasteiger partial charge < -0.3 is 10.2 Å². The van der Waals surface area contributed by atoms with Gasteiger partial charge in [0.05, 0.1) is 0 Å². The van der Waals surface area contributed by atoms with Crippen LogP contribution in [0.25, 0.3) is 0 Å². The van der Waals surface area contributed by atoms with E-state index in [-0.39, 0.29) is 0 Å². The predicted molar refractivity (Wildman–Crippen MR) is 90.1 cm³/mol. The summed E-state index contributed by atoms with van der Waals surface area (Å²) in [6.45, 7) is 1.14. The normalized spacial score (nSPS) is 19.4. The van der Waals surface area contributed by atoms with E-state index in [0.29, 0.717) is 12.0 Å². The van der Waals surface area contributed by atoms with E-state index in [2.05, 4.69) is 78.9 Å². The third-order valence-electron chi connectivity index (χ3n) is 4.43. The standard InChI is InChI=1S/C19H24N2/c1-21(2)17-12-10-16(11-13-17)19(18-9-6-14-20-18)15-7-4-3-5-8-15/h3-5,7-8,10-13,18-20H,6,9,14H2,1-2H3. The van der Waals surface area contributed by atoms with Crippen molar-refractivity contribution in [3.05, 3.63) is 65.7 Å². The highest BCUT2D eigenvalue weighted by molar-refractivity contribution is 5.48. The van der Waals surface area contributed by atoms with E-state index < -0.39 is 0 Å². The van der Waals surface area contributed by atoms with Gasteiger partial charge in [-0.2, -0.15) is 0 Å². The molecule has 0 aromatic heterocycles. The maximum atomic E-state index is 3.68. The Kier molecular flexibility index (Phi) is 4.26. The molecule has 21 heavy (non-hydrogen) atoms. The molecule has 3 rings (SSSR count). The second-order valence-electron chi connectivity index (χ2n) is 6.08. The molecule has 0 saturated carbocycles. The Balaban J connectivity index is 1.94. The lowest BCUT2D eigenvalue weighted by molar-refractivity contribution is 0.540. The van der Waals surface area contributed by atoms with Crippen LogP contribution in [0.5, 0.6) is 0 Å². The molecule has 2 unspecified atom stereocenters. The molecule has 1 saturated heterocycles. The molecule has 2 nitrogen and oxygen atoms in total. The van der Waals surface area contributed by atoms with Crippen LogP contribution in [0.4, 0.5) is 5.69 Å². The minimum atomic E-state index is 0.449. The fourth-order valence-electron chi connectivity index (χ4n) is 3.29. The van der Waals surface area contributed by atoms with Gasteiger partial charge in [0, 0.05) is 31.7 Å². The van der Waals surface area contributed by atoms with E-state index in [9.17, 15) is 0 Å². The fourth-order valence-corrected chi connectivity index (χ4v) is 3.29. The highest BCUT2D eigenvalue weighted by atomic mass is 15.1. The first kappa shape index (κ1) is 14.2. The molecule has 1 heterocycles. The predicted octanol–water partition coefficient (Wildman–Crippen LogP) is 3.64. The zero-order valence-electron chi connectivity index (χ0n) is 12.9. The molecule has 1 fully saturated rings. The number of rotatable bonds is 4. The van der Waals surface area contributed by atoms with Crippen molar-refractivity contribution >= 4 is 5.69 Å². The Morgan fingerprint density at radius 3 is 2.19 bits per heavy atom. The van der Waals surface area contributed by atoms with E-state index in [0.717, 1.165) is 6.54 Å². The van der Waals surface area contributed by atoms with Crippen molar-refractivity contribution in [1.29, 1.82) is 0 Å². The summed E-state index contributed by atoms with van der Waals surface area (Å²) in [6.07, 6.45) is 2.54. The number of nitrogens with one attached hydrogen (secondary N) is 1. The van der Waals surface area contributed by atoms with Crippen molar-refractivity contribution < 1.29 is 0 Å². The van der Waals surface area contributed by atoms with Crippen LogP contribution >= 0.6 is 0 Å². The van der Waals surface area contributed by atoms with E-state index in [1.807, 2.05) is 0 Å². The summed E-state index contributed by atoms with van der Waals surface area (Å²) in [7, 11) is 4.17. The molecule has 0 aliphatic carbocycles. The van der Waals surface area contributed by atoms with Gasteiger partial charge in [-0.05, 0) is 42.6 Å². The summed E-state index contributed by atoms with van der Waals surface area (Å²) in [5.41, 5.74) is 4.07. The molecule has 0 amide bonds. The van der Waals surface area contributed by atoms with Crippen molar-refractivity contribution in [1.82, 2.24) is 5.32 Å². The van der Waals surface area contributed by atoms with Crippen molar-refractivity contribution in [3.63, 3.8) is 0 Å². The molecule has 1 aliphatic rings. The van der Waals surface area contributed by atoms with Crippen LogP contribution in [0.2, 0.25) is 0 Å². The average Bonchev–Trinajstić information content (AvgIpc) is 3.03. The maximum absolute atomic E-state index is 3.68. The van der Waals surface area contributed by atoms with Crippen LogP contribution in [0.3, 0.4) is 0 Å². The van der Waals surface area contributed by atoms with Gasteiger partial charge in [-0.1, -0.05) is 42.5 Å². The smallest absolute Gasteiger partial charge is 0.0361 e. The molecule has 0 radical (unpaired) electrons. The number of benzene rings is 2. The van der Waals surface area contributed by atoms with Gasteiger partial charge in [0.25, 0.3) is 0 Å². The number of nitrogens with zero attached hydrogens (tertiary/aromatic N) is 1. The molecule has 1 aliphatic heterocycles. The molecule has 2 aromatic rings. The molecule has 1 N–H and O–H groups in total. The first-order valence-electron chi connectivity index (χ1n) is 7.81. The zero-order chi connectivity index (χ0) is 14.7. The van der Waals surface area contributed by atoms with Gasteiger partial charge >= 0.3 is 0 Å². The molecule has 0 bridgehead atoms. The van der Waals surface area contributed by atoms with Gasteiger partial charge in [-0.3, -0.25) is 0 Å². The summed E-state index contributed by atoms with van der Waals surface area (Å²) < 4.78 is 0. The Morgan fingerprint density at radius 1 is 0.952 bits per heavy atom. The highest BCUT2D eigenvalue weighted by Gasteiger charge is 2.27. The summed E-state index contributed by atoms with van der Waals surface area (Å²) in [5.74, 6) is 0.449. The van der Waals surface area contributed by atoms with E-state index >= 15 is 0 Å².